The lowest BCUT2D eigenvalue weighted by atomic mass is 10.1. The summed E-state index contributed by atoms with van der Waals surface area (Å²) < 4.78 is 10.3. The molecule has 0 unspecified atom stereocenters. The number of hydrogen-bond donors (Lipinski definition) is 2. The summed E-state index contributed by atoms with van der Waals surface area (Å²) in [6.07, 6.45) is 0. The Morgan fingerprint density at radius 1 is 1.28 bits per heavy atom. The van der Waals surface area contributed by atoms with E-state index < -0.39 is 11.9 Å². The van der Waals surface area contributed by atoms with Crippen LogP contribution in [0, 0.1) is 6.92 Å². The van der Waals surface area contributed by atoms with Gasteiger partial charge in [0.25, 0.3) is 0 Å². The van der Waals surface area contributed by atoms with Gasteiger partial charge in [-0.25, -0.2) is 4.79 Å². The minimum atomic E-state index is -1.51. The Kier molecular flexibility index (Phi) is 4.53. The van der Waals surface area contributed by atoms with E-state index in [2.05, 4.69) is 5.32 Å². The van der Waals surface area contributed by atoms with Crippen LogP contribution in [0.2, 0.25) is 0 Å². The second-order valence-corrected chi connectivity index (χ2v) is 3.61. The third-order valence-corrected chi connectivity index (χ3v) is 2.48. The fourth-order valence-corrected chi connectivity index (χ4v) is 1.52. The largest absolute Gasteiger partial charge is 0.497 e. The molecule has 0 aliphatic rings. The first-order valence-electron chi connectivity index (χ1n) is 5.22. The Morgan fingerprint density at radius 3 is 2.44 bits per heavy atom. The lowest BCUT2D eigenvalue weighted by Gasteiger charge is -2.13. The van der Waals surface area contributed by atoms with Crippen LogP contribution in [0.4, 0.5) is 0 Å². The van der Waals surface area contributed by atoms with Gasteiger partial charge in [0.15, 0.2) is 0 Å². The Hall–Kier alpha value is -2.24. The number of carbonyl (C=O) groups is 2. The van der Waals surface area contributed by atoms with E-state index in [1.807, 2.05) is 6.92 Å². The molecule has 6 nitrogen and oxygen atoms in total. The second kappa shape index (κ2) is 5.90. The molecule has 1 aromatic carbocycles. The van der Waals surface area contributed by atoms with Crippen molar-refractivity contribution in [2.45, 2.75) is 13.5 Å². The summed E-state index contributed by atoms with van der Waals surface area (Å²) in [5.41, 5.74) is 1.56. The first kappa shape index (κ1) is 13.8. The Balaban J connectivity index is 2.94. The summed E-state index contributed by atoms with van der Waals surface area (Å²) in [5.74, 6) is -1.39. The Bertz CT molecular complexity index is 470. The van der Waals surface area contributed by atoms with E-state index in [1.54, 1.807) is 19.2 Å². The number of aliphatic carboxylic acids is 1. The van der Waals surface area contributed by atoms with Crippen molar-refractivity contribution in [2.75, 3.05) is 14.2 Å². The fourth-order valence-electron chi connectivity index (χ4n) is 1.52. The zero-order valence-electron chi connectivity index (χ0n) is 10.4. The molecule has 0 saturated heterocycles. The highest BCUT2D eigenvalue weighted by Gasteiger charge is 2.14. The van der Waals surface area contributed by atoms with Gasteiger partial charge in [0.1, 0.15) is 11.5 Å². The lowest BCUT2D eigenvalue weighted by molar-refractivity contribution is -0.150. The van der Waals surface area contributed by atoms with Crippen LogP contribution in [0.15, 0.2) is 12.1 Å². The van der Waals surface area contributed by atoms with Crippen molar-refractivity contribution in [1.82, 2.24) is 5.32 Å². The molecule has 1 rings (SSSR count). The molecule has 6 heteroatoms. The summed E-state index contributed by atoms with van der Waals surface area (Å²) >= 11 is 0. The molecule has 0 radical (unpaired) electrons. The molecule has 0 fully saturated rings. The van der Waals surface area contributed by atoms with Crippen molar-refractivity contribution < 1.29 is 24.2 Å². The average molecular weight is 253 g/mol. The highest BCUT2D eigenvalue weighted by atomic mass is 16.5. The smallest absolute Gasteiger partial charge is 0.394 e. The number of carboxylic acids is 1. The quantitative estimate of drug-likeness (QED) is 0.772. The van der Waals surface area contributed by atoms with Crippen molar-refractivity contribution >= 4 is 11.9 Å². The van der Waals surface area contributed by atoms with Crippen LogP contribution < -0.4 is 14.8 Å². The van der Waals surface area contributed by atoms with Crippen LogP contribution in [-0.2, 0) is 16.1 Å². The standard InChI is InChI=1S/C12H15NO5/c1-7-4-8(17-2)5-10(18-3)9(7)6-13-11(14)12(15)16/h4-5H,6H2,1-3H3,(H,13,14)(H,15,16). The van der Waals surface area contributed by atoms with E-state index in [0.29, 0.717) is 17.1 Å². The summed E-state index contributed by atoms with van der Waals surface area (Å²) in [4.78, 5) is 21.4. The second-order valence-electron chi connectivity index (χ2n) is 3.61. The molecule has 0 spiro atoms. The van der Waals surface area contributed by atoms with E-state index in [-0.39, 0.29) is 6.54 Å². The van der Waals surface area contributed by atoms with E-state index in [0.717, 1.165) is 5.56 Å². The predicted octanol–water partition coefficient (Wildman–Crippen LogP) is 0.713. The van der Waals surface area contributed by atoms with Crippen LogP contribution >= 0.6 is 0 Å². The van der Waals surface area contributed by atoms with E-state index in [4.69, 9.17) is 14.6 Å². The van der Waals surface area contributed by atoms with Gasteiger partial charge in [-0.05, 0) is 18.6 Å². The third kappa shape index (κ3) is 3.13. The van der Waals surface area contributed by atoms with E-state index in [9.17, 15) is 9.59 Å². The zero-order chi connectivity index (χ0) is 13.7. The maximum atomic E-state index is 11.0. The van der Waals surface area contributed by atoms with Gasteiger partial charge in [-0.1, -0.05) is 0 Å². The van der Waals surface area contributed by atoms with E-state index >= 15 is 0 Å². The molecule has 0 aliphatic heterocycles. The molecule has 98 valence electrons. The number of benzene rings is 1. The van der Waals surface area contributed by atoms with Gasteiger partial charge in [-0.3, -0.25) is 4.79 Å². The molecule has 0 atom stereocenters. The average Bonchev–Trinajstić information content (AvgIpc) is 2.35. The lowest BCUT2D eigenvalue weighted by Crippen LogP contribution is -2.30. The van der Waals surface area contributed by atoms with Crippen LogP contribution in [0.25, 0.3) is 0 Å². The minimum absolute atomic E-state index is 0.0874. The number of nitrogens with one attached hydrogen (secondary N) is 1. The molecular formula is C12H15NO5. The van der Waals surface area contributed by atoms with E-state index in [1.165, 1.54) is 7.11 Å². The molecule has 0 aromatic heterocycles. The van der Waals surface area contributed by atoms with Gasteiger partial charge in [-0.15, -0.1) is 0 Å². The normalized spacial score (nSPS) is 9.72. The number of aryl methyl sites for hydroxylation is 1. The zero-order valence-corrected chi connectivity index (χ0v) is 10.4. The number of carboxylic acid groups (broad SMARTS) is 1. The van der Waals surface area contributed by atoms with Crippen molar-refractivity contribution in [2.24, 2.45) is 0 Å². The van der Waals surface area contributed by atoms with Gasteiger partial charge >= 0.3 is 11.9 Å². The predicted molar refractivity (Wildman–Crippen MR) is 63.8 cm³/mol. The number of methoxy groups -OCH3 is 2. The van der Waals surface area contributed by atoms with Crippen molar-refractivity contribution in [3.8, 4) is 11.5 Å². The molecule has 18 heavy (non-hydrogen) atoms. The topological polar surface area (TPSA) is 84.9 Å². The first-order chi connectivity index (χ1) is 8.49. The summed E-state index contributed by atoms with van der Waals surface area (Å²) in [5, 5.41) is 10.8. The highest BCUT2D eigenvalue weighted by Crippen LogP contribution is 2.28. The van der Waals surface area contributed by atoms with Crippen LogP contribution in [0.3, 0.4) is 0 Å². The van der Waals surface area contributed by atoms with Gasteiger partial charge in [0.05, 0.1) is 14.2 Å². The molecule has 0 saturated carbocycles. The number of rotatable bonds is 4. The van der Waals surface area contributed by atoms with Crippen LogP contribution in [-0.4, -0.2) is 31.2 Å². The number of hydrogen-bond acceptors (Lipinski definition) is 4. The number of ether oxygens (including phenoxy) is 2. The summed E-state index contributed by atoms with van der Waals surface area (Å²) in [6, 6.07) is 3.46. The van der Waals surface area contributed by atoms with Crippen LogP contribution in [0.1, 0.15) is 11.1 Å². The summed E-state index contributed by atoms with van der Waals surface area (Å²) in [7, 11) is 3.04. The molecule has 1 aromatic rings. The van der Waals surface area contributed by atoms with Crippen molar-refractivity contribution in [1.29, 1.82) is 0 Å². The van der Waals surface area contributed by atoms with Gasteiger partial charge in [0.2, 0.25) is 0 Å². The van der Waals surface area contributed by atoms with Crippen LogP contribution in [0.5, 0.6) is 11.5 Å². The van der Waals surface area contributed by atoms with Crippen molar-refractivity contribution in [3.63, 3.8) is 0 Å². The van der Waals surface area contributed by atoms with Gasteiger partial charge in [0, 0.05) is 18.2 Å². The van der Waals surface area contributed by atoms with Crippen molar-refractivity contribution in [3.05, 3.63) is 23.3 Å². The Labute approximate surface area is 105 Å². The molecule has 0 heterocycles. The monoisotopic (exact) mass is 253 g/mol. The fraction of sp³-hybridized carbons (Fsp3) is 0.333. The summed E-state index contributed by atoms with van der Waals surface area (Å²) in [6.45, 7) is 1.91. The molecule has 0 aliphatic carbocycles. The SMILES string of the molecule is COc1cc(C)c(CNC(=O)C(=O)O)c(OC)c1. The molecule has 2 N–H and O–H groups in total. The maximum Gasteiger partial charge on any atom is 0.394 e. The minimum Gasteiger partial charge on any atom is -0.497 e. The number of amides is 1. The maximum absolute atomic E-state index is 11.0. The molecule has 1 amide bonds. The Morgan fingerprint density at radius 2 is 1.94 bits per heavy atom. The van der Waals surface area contributed by atoms with Gasteiger partial charge in [-0.2, -0.15) is 0 Å². The highest BCUT2D eigenvalue weighted by molar-refractivity contribution is 6.31. The molecular weight excluding hydrogens is 238 g/mol. The molecule has 0 bridgehead atoms. The number of carbonyl (C=O) groups excluding carboxylic acids is 1. The van der Waals surface area contributed by atoms with Gasteiger partial charge < -0.3 is 19.9 Å². The first-order valence-corrected chi connectivity index (χ1v) is 5.22. The third-order valence-electron chi connectivity index (χ3n) is 2.48.